The maximum atomic E-state index is 12.6. The van der Waals surface area contributed by atoms with Crippen molar-refractivity contribution in [1.29, 1.82) is 0 Å². The van der Waals surface area contributed by atoms with E-state index >= 15 is 0 Å². The lowest BCUT2D eigenvalue weighted by Crippen LogP contribution is -2.53. The van der Waals surface area contributed by atoms with Crippen LogP contribution >= 0.6 is 0 Å². The van der Waals surface area contributed by atoms with Crippen LogP contribution in [-0.2, 0) is 17.6 Å². The van der Waals surface area contributed by atoms with Gasteiger partial charge in [-0.05, 0) is 58.4 Å². The Morgan fingerprint density at radius 2 is 2.13 bits per heavy atom. The minimum absolute atomic E-state index is 0.0169. The molecule has 2 heterocycles. The fourth-order valence-corrected chi connectivity index (χ4v) is 4.18. The second-order valence-electron chi connectivity index (χ2n) is 9.00. The number of aliphatic hydroxyl groups is 1. The van der Waals surface area contributed by atoms with Gasteiger partial charge in [0, 0.05) is 36.1 Å². The van der Waals surface area contributed by atoms with Gasteiger partial charge in [-0.15, -0.1) is 0 Å². The number of ether oxygens (including phenoxy) is 1. The van der Waals surface area contributed by atoms with Crippen molar-refractivity contribution in [3.05, 3.63) is 29.6 Å². The number of aryl methyl sites for hydroxylation is 1. The Bertz CT molecular complexity index is 958. The second kappa shape index (κ2) is 8.78. The highest BCUT2D eigenvalue weighted by atomic mass is 16.5. The summed E-state index contributed by atoms with van der Waals surface area (Å²) in [6.07, 6.45) is 7.18. The van der Waals surface area contributed by atoms with E-state index in [1.165, 1.54) is 6.42 Å². The van der Waals surface area contributed by atoms with Crippen molar-refractivity contribution in [1.82, 2.24) is 20.3 Å². The number of hydrogen-bond acceptors (Lipinski definition) is 7. The normalized spacial score (nSPS) is 17.4. The van der Waals surface area contributed by atoms with E-state index in [1.807, 2.05) is 11.9 Å². The van der Waals surface area contributed by atoms with Crippen LogP contribution in [0.2, 0.25) is 0 Å². The third-order valence-electron chi connectivity index (χ3n) is 6.00. The van der Waals surface area contributed by atoms with Gasteiger partial charge in [0.15, 0.2) is 5.82 Å². The largest absolute Gasteiger partial charge is 0.491 e. The van der Waals surface area contributed by atoms with Crippen LogP contribution in [0.25, 0.3) is 11.5 Å². The van der Waals surface area contributed by atoms with Gasteiger partial charge in [0.25, 0.3) is 0 Å². The zero-order chi connectivity index (χ0) is 22.0. The molecule has 0 spiro atoms. The second-order valence-corrected chi connectivity index (χ2v) is 9.00. The number of likely N-dealkylation sites (N-methyl/N-ethyl adjacent to an activating group) is 1. The highest BCUT2D eigenvalue weighted by molar-refractivity contribution is 5.82. The van der Waals surface area contributed by atoms with E-state index in [9.17, 15) is 9.90 Å². The average molecular weight is 426 g/mol. The number of carbonyl (C=O) groups is 1. The summed E-state index contributed by atoms with van der Waals surface area (Å²) in [5.41, 5.74) is 2.69. The lowest BCUT2D eigenvalue weighted by atomic mass is 9.78. The van der Waals surface area contributed by atoms with Gasteiger partial charge < -0.3 is 20.1 Å². The Morgan fingerprint density at radius 3 is 2.84 bits per heavy atom. The van der Waals surface area contributed by atoms with Crippen molar-refractivity contribution < 1.29 is 14.6 Å². The first-order chi connectivity index (χ1) is 14.8. The molecule has 1 fully saturated rings. The fraction of sp³-hybridized carbons (Fsp3) is 0.565. The summed E-state index contributed by atoms with van der Waals surface area (Å²) in [7, 11) is 1.91. The van der Waals surface area contributed by atoms with Gasteiger partial charge in [-0.1, -0.05) is 0 Å². The van der Waals surface area contributed by atoms with E-state index in [0.29, 0.717) is 17.3 Å². The summed E-state index contributed by atoms with van der Waals surface area (Å²) in [5.74, 6) is 1.95. The molecule has 0 aromatic carbocycles. The third-order valence-corrected chi connectivity index (χ3v) is 6.00. The number of rotatable bonds is 8. The van der Waals surface area contributed by atoms with Gasteiger partial charge in [0.1, 0.15) is 23.9 Å². The Kier molecular flexibility index (Phi) is 6.09. The number of aliphatic hydroxyl groups excluding tert-OH is 1. The predicted octanol–water partition coefficient (Wildman–Crippen LogP) is 2.28. The number of nitrogens with one attached hydrogen (secondary N) is 1. The number of fused-ring (bicyclic) bond motifs is 1. The first-order valence-corrected chi connectivity index (χ1v) is 11.0. The van der Waals surface area contributed by atoms with Crippen LogP contribution in [-0.4, -0.2) is 57.8 Å². The van der Waals surface area contributed by atoms with Crippen LogP contribution in [0.1, 0.15) is 50.8 Å². The van der Waals surface area contributed by atoms with Crippen LogP contribution in [0.5, 0.6) is 5.75 Å². The Labute approximate surface area is 183 Å². The standard InChI is InChI=1S/C23H31N5O3/c1-15(29)14-31-16-8-11-24-19(12-16)21-25-18-7-4-6-17(18)22(26-21)28(3)13-20(30)27-23(2)9-5-10-23/h8,11-12,15,29H,4-7,9-10,13-14H2,1-3H3,(H,27,30). The van der Waals surface area contributed by atoms with Crippen LogP contribution < -0.4 is 15.0 Å². The topological polar surface area (TPSA) is 100 Å². The Hall–Kier alpha value is -2.74. The third kappa shape index (κ3) is 4.95. The van der Waals surface area contributed by atoms with E-state index < -0.39 is 6.10 Å². The molecule has 1 amide bonds. The highest BCUT2D eigenvalue weighted by Gasteiger charge is 2.33. The predicted molar refractivity (Wildman–Crippen MR) is 118 cm³/mol. The van der Waals surface area contributed by atoms with Crippen molar-refractivity contribution in [2.75, 3.05) is 25.1 Å². The summed E-state index contributed by atoms with van der Waals surface area (Å²) in [4.78, 5) is 28.5. The SMILES string of the molecule is CC(O)COc1ccnc(-c2nc3c(c(N(C)CC(=O)NC4(C)CCC4)n2)CCC3)c1. The number of hydrogen-bond donors (Lipinski definition) is 2. The first-order valence-electron chi connectivity index (χ1n) is 11.0. The van der Waals surface area contributed by atoms with Crippen LogP contribution in [0.15, 0.2) is 18.3 Å². The monoisotopic (exact) mass is 425 g/mol. The average Bonchev–Trinajstić information content (AvgIpc) is 3.19. The molecule has 1 saturated carbocycles. The Balaban J connectivity index is 1.56. The minimum atomic E-state index is -0.554. The van der Waals surface area contributed by atoms with Crippen LogP contribution in [0, 0.1) is 0 Å². The zero-order valence-corrected chi connectivity index (χ0v) is 18.5. The number of anilines is 1. The van der Waals surface area contributed by atoms with E-state index in [0.717, 1.165) is 49.2 Å². The number of amides is 1. The van der Waals surface area contributed by atoms with Gasteiger partial charge >= 0.3 is 0 Å². The molecule has 2 aromatic rings. The molecule has 2 N–H and O–H groups in total. The summed E-state index contributed by atoms with van der Waals surface area (Å²) < 4.78 is 5.61. The van der Waals surface area contributed by atoms with Crippen LogP contribution in [0.4, 0.5) is 5.82 Å². The molecule has 1 atom stereocenters. The number of nitrogens with zero attached hydrogens (tertiary/aromatic N) is 4. The fourth-order valence-electron chi connectivity index (χ4n) is 4.18. The lowest BCUT2D eigenvalue weighted by Gasteiger charge is -2.39. The van der Waals surface area contributed by atoms with E-state index in [1.54, 1.807) is 25.3 Å². The molecule has 0 saturated heterocycles. The maximum Gasteiger partial charge on any atom is 0.239 e. The van der Waals surface area contributed by atoms with Gasteiger partial charge in [-0.3, -0.25) is 9.78 Å². The van der Waals surface area contributed by atoms with Crippen molar-refractivity contribution in [3.63, 3.8) is 0 Å². The summed E-state index contributed by atoms with van der Waals surface area (Å²) in [5, 5.41) is 12.6. The van der Waals surface area contributed by atoms with Gasteiger partial charge in [0.05, 0.1) is 12.6 Å². The molecular weight excluding hydrogens is 394 g/mol. The molecule has 8 nitrogen and oxygen atoms in total. The molecule has 0 radical (unpaired) electrons. The van der Waals surface area contributed by atoms with Crippen molar-refractivity contribution >= 4 is 11.7 Å². The molecule has 166 valence electrons. The number of pyridine rings is 1. The maximum absolute atomic E-state index is 12.6. The van der Waals surface area contributed by atoms with Gasteiger partial charge in [0.2, 0.25) is 5.91 Å². The summed E-state index contributed by atoms with van der Waals surface area (Å²) >= 11 is 0. The minimum Gasteiger partial charge on any atom is -0.491 e. The molecule has 2 aliphatic rings. The highest BCUT2D eigenvalue weighted by Crippen LogP contribution is 2.32. The molecular formula is C23H31N5O3. The summed E-state index contributed by atoms with van der Waals surface area (Å²) in [6.45, 7) is 4.24. The number of aromatic nitrogens is 3. The lowest BCUT2D eigenvalue weighted by molar-refractivity contribution is -0.122. The van der Waals surface area contributed by atoms with Gasteiger partial charge in [-0.25, -0.2) is 9.97 Å². The first kappa shape index (κ1) is 21.5. The molecule has 1 unspecified atom stereocenters. The van der Waals surface area contributed by atoms with Crippen molar-refractivity contribution in [2.24, 2.45) is 0 Å². The smallest absolute Gasteiger partial charge is 0.239 e. The van der Waals surface area contributed by atoms with Crippen molar-refractivity contribution in [2.45, 2.75) is 64.0 Å². The molecule has 2 aliphatic carbocycles. The van der Waals surface area contributed by atoms with Crippen molar-refractivity contribution in [3.8, 4) is 17.3 Å². The molecule has 8 heteroatoms. The number of carbonyl (C=O) groups excluding carboxylic acids is 1. The zero-order valence-electron chi connectivity index (χ0n) is 18.5. The molecule has 4 rings (SSSR count). The van der Waals surface area contributed by atoms with Crippen LogP contribution in [0.3, 0.4) is 0 Å². The molecule has 31 heavy (non-hydrogen) atoms. The molecule has 0 bridgehead atoms. The molecule has 2 aromatic heterocycles. The van der Waals surface area contributed by atoms with Gasteiger partial charge in [-0.2, -0.15) is 0 Å². The van der Waals surface area contributed by atoms with E-state index in [4.69, 9.17) is 14.7 Å². The Morgan fingerprint density at radius 1 is 1.32 bits per heavy atom. The molecule has 0 aliphatic heterocycles. The summed E-state index contributed by atoms with van der Waals surface area (Å²) in [6, 6.07) is 3.53. The van der Waals surface area contributed by atoms with E-state index in [-0.39, 0.29) is 24.6 Å². The quantitative estimate of drug-likeness (QED) is 0.669. The van der Waals surface area contributed by atoms with E-state index in [2.05, 4.69) is 17.2 Å².